The molecule has 1 fully saturated rings. The van der Waals surface area contributed by atoms with Gasteiger partial charge < -0.3 is 4.84 Å². The number of carbonyl (C=O) groups is 2. The third-order valence-corrected chi connectivity index (χ3v) is 3.60. The maximum absolute atomic E-state index is 12.6. The van der Waals surface area contributed by atoms with Crippen molar-refractivity contribution in [1.29, 1.82) is 0 Å². The Morgan fingerprint density at radius 2 is 1.95 bits per heavy atom. The molecular formula is C17H21NO3. The highest BCUT2D eigenvalue weighted by molar-refractivity contribution is 6.26. The summed E-state index contributed by atoms with van der Waals surface area (Å²) in [5.74, 6) is -1.06. The smallest absolute Gasteiger partial charge is 0.179 e. The molecule has 21 heavy (non-hydrogen) atoms. The number of nitrogens with zero attached hydrogens (tertiary/aromatic N) is 1. The van der Waals surface area contributed by atoms with Crippen LogP contribution in [-0.4, -0.2) is 23.9 Å². The summed E-state index contributed by atoms with van der Waals surface area (Å²) in [6, 6.07) is 8.90. The zero-order valence-electron chi connectivity index (χ0n) is 12.8. The molecule has 0 radical (unpaired) electrons. The molecule has 1 unspecified atom stereocenters. The third kappa shape index (κ3) is 3.57. The zero-order chi connectivity index (χ0) is 15.5. The molecular weight excluding hydrogens is 266 g/mol. The molecule has 1 atom stereocenters. The van der Waals surface area contributed by atoms with Crippen molar-refractivity contribution in [2.45, 2.75) is 33.6 Å². The summed E-state index contributed by atoms with van der Waals surface area (Å²) >= 11 is 0. The van der Waals surface area contributed by atoms with E-state index in [-0.39, 0.29) is 17.0 Å². The Balaban J connectivity index is 2.34. The van der Waals surface area contributed by atoms with E-state index in [9.17, 15) is 9.59 Å². The van der Waals surface area contributed by atoms with Gasteiger partial charge in [-0.2, -0.15) is 0 Å². The van der Waals surface area contributed by atoms with Gasteiger partial charge in [-0.1, -0.05) is 49.3 Å². The number of oxime groups is 1. The lowest BCUT2D eigenvalue weighted by atomic mass is 9.69. The quantitative estimate of drug-likeness (QED) is 0.485. The fraction of sp³-hybridized carbons (Fsp3) is 0.471. The maximum atomic E-state index is 12.6. The minimum atomic E-state index is -0.799. The summed E-state index contributed by atoms with van der Waals surface area (Å²) in [6.07, 6.45) is 0.989. The number of Topliss-reactive ketones (excluding diaryl/α,β-unsaturated/α-hetero) is 2. The van der Waals surface area contributed by atoms with Gasteiger partial charge in [-0.15, -0.1) is 0 Å². The average Bonchev–Trinajstić information content (AvgIpc) is 2.44. The van der Waals surface area contributed by atoms with Crippen LogP contribution in [0, 0.1) is 11.3 Å². The monoisotopic (exact) mass is 287 g/mol. The van der Waals surface area contributed by atoms with Gasteiger partial charge in [-0.3, -0.25) is 9.59 Å². The van der Waals surface area contributed by atoms with Crippen LogP contribution in [0.25, 0.3) is 0 Å². The first-order chi connectivity index (χ1) is 9.94. The normalized spacial score (nSPS) is 23.1. The van der Waals surface area contributed by atoms with E-state index in [0.29, 0.717) is 30.7 Å². The molecule has 1 aliphatic rings. The molecule has 1 saturated carbocycles. The van der Waals surface area contributed by atoms with Crippen LogP contribution in [0.2, 0.25) is 0 Å². The van der Waals surface area contributed by atoms with Gasteiger partial charge in [-0.05, 0) is 18.8 Å². The predicted octanol–water partition coefficient (Wildman–Crippen LogP) is 3.27. The number of benzene rings is 1. The van der Waals surface area contributed by atoms with E-state index in [1.54, 1.807) is 24.3 Å². The molecule has 0 spiro atoms. The SMILES string of the molecule is CCON=C1CC(C)(C)CC(=O)C1C(=O)c1ccccc1. The molecule has 1 aromatic carbocycles. The van der Waals surface area contributed by atoms with E-state index >= 15 is 0 Å². The number of rotatable bonds is 4. The van der Waals surface area contributed by atoms with Crippen LogP contribution >= 0.6 is 0 Å². The highest BCUT2D eigenvalue weighted by Crippen LogP contribution is 2.35. The van der Waals surface area contributed by atoms with Crippen LogP contribution in [0.4, 0.5) is 0 Å². The van der Waals surface area contributed by atoms with Gasteiger partial charge in [0.1, 0.15) is 18.3 Å². The van der Waals surface area contributed by atoms with E-state index in [1.807, 2.05) is 26.8 Å². The predicted molar refractivity (Wildman–Crippen MR) is 81.3 cm³/mol. The standard InChI is InChI=1S/C17H21NO3/c1-4-21-18-13-10-17(2,3)11-14(19)15(13)16(20)12-8-6-5-7-9-12/h5-9,15H,4,10-11H2,1-3H3. The van der Waals surface area contributed by atoms with Gasteiger partial charge in [0.05, 0.1) is 5.71 Å². The van der Waals surface area contributed by atoms with Crippen LogP contribution in [0.3, 0.4) is 0 Å². The molecule has 0 N–H and O–H groups in total. The zero-order valence-corrected chi connectivity index (χ0v) is 12.8. The summed E-state index contributed by atoms with van der Waals surface area (Å²) in [5, 5.41) is 4.05. The van der Waals surface area contributed by atoms with Gasteiger partial charge >= 0.3 is 0 Å². The Bertz CT molecular complexity index is 561. The molecule has 4 heteroatoms. The Morgan fingerprint density at radius 1 is 1.29 bits per heavy atom. The van der Waals surface area contributed by atoms with Gasteiger partial charge in [-0.25, -0.2) is 0 Å². The maximum Gasteiger partial charge on any atom is 0.179 e. The Morgan fingerprint density at radius 3 is 2.57 bits per heavy atom. The van der Waals surface area contributed by atoms with Crippen LogP contribution in [0.15, 0.2) is 35.5 Å². The fourth-order valence-corrected chi connectivity index (χ4v) is 2.71. The molecule has 4 nitrogen and oxygen atoms in total. The molecule has 1 aromatic rings. The second-order valence-electron chi connectivity index (χ2n) is 6.15. The second-order valence-corrected chi connectivity index (χ2v) is 6.15. The Labute approximate surface area is 125 Å². The fourth-order valence-electron chi connectivity index (χ4n) is 2.71. The minimum Gasteiger partial charge on any atom is -0.396 e. The molecule has 1 aliphatic carbocycles. The van der Waals surface area contributed by atoms with Gasteiger partial charge in [0, 0.05) is 12.0 Å². The minimum absolute atomic E-state index is 0.0708. The average molecular weight is 287 g/mol. The summed E-state index contributed by atoms with van der Waals surface area (Å²) in [4.78, 5) is 30.2. The van der Waals surface area contributed by atoms with E-state index in [4.69, 9.17) is 4.84 Å². The summed E-state index contributed by atoms with van der Waals surface area (Å²) in [6.45, 7) is 6.27. The van der Waals surface area contributed by atoms with Crippen molar-refractivity contribution in [1.82, 2.24) is 0 Å². The molecule has 0 heterocycles. The van der Waals surface area contributed by atoms with Gasteiger partial charge in [0.15, 0.2) is 5.78 Å². The molecule has 0 amide bonds. The van der Waals surface area contributed by atoms with Crippen molar-refractivity contribution in [3.05, 3.63) is 35.9 Å². The van der Waals surface area contributed by atoms with Crippen LogP contribution < -0.4 is 0 Å². The summed E-state index contributed by atoms with van der Waals surface area (Å²) in [5.41, 5.74) is 0.909. The number of hydrogen-bond donors (Lipinski definition) is 0. The largest absolute Gasteiger partial charge is 0.396 e. The first kappa shape index (κ1) is 15.4. The number of ketones is 2. The van der Waals surface area contributed by atoms with Crippen molar-refractivity contribution in [3.8, 4) is 0 Å². The number of hydrogen-bond acceptors (Lipinski definition) is 4. The third-order valence-electron chi connectivity index (χ3n) is 3.60. The molecule has 112 valence electrons. The number of carbonyl (C=O) groups excluding carboxylic acids is 2. The topological polar surface area (TPSA) is 55.7 Å². The van der Waals surface area contributed by atoms with Crippen LogP contribution in [-0.2, 0) is 9.63 Å². The van der Waals surface area contributed by atoms with E-state index in [2.05, 4.69) is 5.16 Å². The Hall–Kier alpha value is -1.97. The first-order valence-corrected chi connectivity index (χ1v) is 7.25. The van der Waals surface area contributed by atoms with Gasteiger partial charge in [0.2, 0.25) is 0 Å². The van der Waals surface area contributed by atoms with Crippen molar-refractivity contribution in [2.24, 2.45) is 16.5 Å². The molecule has 2 rings (SSSR count). The van der Waals surface area contributed by atoms with E-state index < -0.39 is 5.92 Å². The summed E-state index contributed by atoms with van der Waals surface area (Å²) < 4.78 is 0. The summed E-state index contributed by atoms with van der Waals surface area (Å²) in [7, 11) is 0. The lowest BCUT2D eigenvalue weighted by Crippen LogP contribution is -2.42. The van der Waals surface area contributed by atoms with E-state index in [1.165, 1.54) is 0 Å². The molecule has 0 aliphatic heterocycles. The highest BCUT2D eigenvalue weighted by atomic mass is 16.6. The Kier molecular flexibility index (Phi) is 4.56. The van der Waals surface area contributed by atoms with Crippen molar-refractivity contribution < 1.29 is 14.4 Å². The molecule has 0 bridgehead atoms. The van der Waals surface area contributed by atoms with Crippen molar-refractivity contribution >= 4 is 17.3 Å². The highest BCUT2D eigenvalue weighted by Gasteiger charge is 2.42. The van der Waals surface area contributed by atoms with Gasteiger partial charge in [0.25, 0.3) is 0 Å². The van der Waals surface area contributed by atoms with Crippen LogP contribution in [0.1, 0.15) is 44.0 Å². The van der Waals surface area contributed by atoms with E-state index in [0.717, 1.165) is 0 Å². The van der Waals surface area contributed by atoms with Crippen molar-refractivity contribution in [2.75, 3.05) is 6.61 Å². The van der Waals surface area contributed by atoms with Crippen LogP contribution in [0.5, 0.6) is 0 Å². The van der Waals surface area contributed by atoms with Crippen molar-refractivity contribution in [3.63, 3.8) is 0 Å². The molecule has 0 saturated heterocycles. The second kappa shape index (κ2) is 6.20. The molecule has 0 aromatic heterocycles. The first-order valence-electron chi connectivity index (χ1n) is 7.25. The lowest BCUT2D eigenvalue weighted by molar-refractivity contribution is -0.122. The lowest BCUT2D eigenvalue weighted by Gasteiger charge is -2.33.